The molecule has 2 bridgehead atoms. The highest BCUT2D eigenvalue weighted by Crippen LogP contribution is 2.26. The standard InChI is InChI=1S/C39H45N5O8/c1-24-9-7-17-40-34(46)16-13-26(3)36(27(4)22-51-39(49)43-33-15-14-28-10-5-6-11-30(28)41-33)52-38(48)32-12-8-18-44(32)37(47)31-23-50-35(42-31)21-25(2)20-29(45)19-24/h5-7,9-11,13-16,19,23,26-27,29,32,36,45H,2,8,12,17-18,20-22H2,1,3-4H3,(H,40,46)(H,41,43,49)/b9-7+,16-13+,24-19+/t26-,27+,29-,32-,36+/m1/s1. The number of amides is 3. The van der Waals surface area contributed by atoms with Gasteiger partial charge in [0, 0.05) is 36.7 Å². The van der Waals surface area contributed by atoms with Crippen molar-refractivity contribution >= 4 is 40.6 Å². The van der Waals surface area contributed by atoms with Gasteiger partial charge in [0.15, 0.2) is 11.6 Å². The lowest BCUT2D eigenvalue weighted by molar-refractivity contribution is -0.159. The summed E-state index contributed by atoms with van der Waals surface area (Å²) in [6.07, 6.45) is 8.57. The van der Waals surface area contributed by atoms with Gasteiger partial charge in [0.2, 0.25) is 5.91 Å². The van der Waals surface area contributed by atoms with Crippen LogP contribution in [0.15, 0.2) is 95.2 Å². The van der Waals surface area contributed by atoms with Gasteiger partial charge in [0.05, 0.1) is 18.2 Å². The second-order valence-corrected chi connectivity index (χ2v) is 13.2. The monoisotopic (exact) mass is 711 g/mol. The van der Waals surface area contributed by atoms with Gasteiger partial charge in [-0.25, -0.2) is 19.6 Å². The van der Waals surface area contributed by atoms with Gasteiger partial charge in [-0.1, -0.05) is 74.1 Å². The van der Waals surface area contributed by atoms with Crippen molar-refractivity contribution in [3.8, 4) is 0 Å². The van der Waals surface area contributed by atoms with Crippen LogP contribution in [0.4, 0.5) is 10.6 Å². The summed E-state index contributed by atoms with van der Waals surface area (Å²) in [5, 5.41) is 16.9. The average molecular weight is 712 g/mol. The van der Waals surface area contributed by atoms with E-state index in [4.69, 9.17) is 13.9 Å². The van der Waals surface area contributed by atoms with Crippen LogP contribution in [0.2, 0.25) is 0 Å². The average Bonchev–Trinajstić information content (AvgIpc) is 3.80. The zero-order valence-corrected chi connectivity index (χ0v) is 29.6. The summed E-state index contributed by atoms with van der Waals surface area (Å²) in [7, 11) is 0. The molecule has 0 spiro atoms. The molecule has 13 nitrogen and oxygen atoms in total. The number of carbonyl (C=O) groups excluding carboxylic acids is 4. The number of rotatable bonds is 4. The van der Waals surface area contributed by atoms with Crippen molar-refractivity contribution in [2.75, 3.05) is 25.0 Å². The Morgan fingerprint density at radius 1 is 1.17 bits per heavy atom. The van der Waals surface area contributed by atoms with E-state index in [0.717, 1.165) is 11.0 Å². The molecule has 52 heavy (non-hydrogen) atoms. The van der Waals surface area contributed by atoms with E-state index in [9.17, 15) is 24.3 Å². The number of aliphatic hydroxyl groups excluding tert-OH is 1. The molecule has 3 amide bonds. The van der Waals surface area contributed by atoms with E-state index in [2.05, 4.69) is 27.2 Å². The molecule has 5 atom stereocenters. The van der Waals surface area contributed by atoms with Crippen LogP contribution in [0.1, 0.15) is 56.4 Å². The van der Waals surface area contributed by atoms with E-state index in [0.29, 0.717) is 36.3 Å². The minimum absolute atomic E-state index is 0.0508. The Hall–Kier alpha value is -5.56. The molecule has 4 heterocycles. The molecule has 3 aromatic rings. The summed E-state index contributed by atoms with van der Waals surface area (Å²) in [5.41, 5.74) is 2.22. The lowest BCUT2D eigenvalue weighted by atomic mass is 9.93. The first-order valence-corrected chi connectivity index (χ1v) is 17.4. The molecule has 1 saturated heterocycles. The number of fused-ring (bicyclic) bond motifs is 4. The second-order valence-electron chi connectivity index (χ2n) is 13.2. The maximum Gasteiger partial charge on any atom is 0.412 e. The van der Waals surface area contributed by atoms with Crippen molar-refractivity contribution in [3.05, 3.63) is 102 Å². The number of hydrogen-bond donors (Lipinski definition) is 3. The number of allylic oxidation sites excluding steroid dienone is 2. The highest BCUT2D eigenvalue weighted by atomic mass is 16.6. The first kappa shape index (κ1) is 37.7. The predicted molar refractivity (Wildman–Crippen MR) is 194 cm³/mol. The molecular formula is C39H45N5O8. The summed E-state index contributed by atoms with van der Waals surface area (Å²) in [6.45, 7) is 9.87. The number of esters is 1. The number of pyridine rings is 1. The van der Waals surface area contributed by atoms with Crippen molar-refractivity contribution in [2.45, 2.75) is 64.7 Å². The van der Waals surface area contributed by atoms with Gasteiger partial charge in [0.1, 0.15) is 24.2 Å². The van der Waals surface area contributed by atoms with E-state index < -0.39 is 48.1 Å². The molecule has 274 valence electrons. The van der Waals surface area contributed by atoms with Crippen molar-refractivity contribution < 1.29 is 38.2 Å². The Balaban J connectivity index is 1.32. The zero-order chi connectivity index (χ0) is 37.2. The molecule has 3 N–H and O–H groups in total. The number of carbonyl (C=O) groups is 4. The topological polar surface area (TPSA) is 173 Å². The van der Waals surface area contributed by atoms with Gasteiger partial charge in [0.25, 0.3) is 5.91 Å². The molecule has 1 aromatic carbocycles. The number of benzene rings is 1. The smallest absolute Gasteiger partial charge is 0.412 e. The van der Waals surface area contributed by atoms with Crippen molar-refractivity contribution in [1.29, 1.82) is 0 Å². The lowest BCUT2D eigenvalue weighted by Gasteiger charge is -2.30. The number of hydrogen-bond acceptors (Lipinski definition) is 10. The lowest BCUT2D eigenvalue weighted by Crippen LogP contribution is -2.44. The molecule has 0 saturated carbocycles. The van der Waals surface area contributed by atoms with E-state index in [1.54, 1.807) is 44.2 Å². The SMILES string of the molecule is C=C1Cc2nc(co2)C(=O)N2CCC[C@@H]2C(=O)O[C@H]([C@@H](C)COC(=O)Nc2ccc3ccccc3n2)[C@H](C)/C=C/C(=O)NC/C=C/C(C)=C/[C@@H](O)C1. The largest absolute Gasteiger partial charge is 0.460 e. The number of aliphatic hydroxyl groups is 1. The van der Waals surface area contributed by atoms with Gasteiger partial charge in [-0.2, -0.15) is 0 Å². The van der Waals surface area contributed by atoms with Crippen LogP contribution in [0.5, 0.6) is 0 Å². The first-order valence-electron chi connectivity index (χ1n) is 17.4. The minimum atomic E-state index is -0.876. The minimum Gasteiger partial charge on any atom is -0.460 e. The number of aromatic nitrogens is 2. The van der Waals surface area contributed by atoms with Crippen LogP contribution in [0, 0.1) is 11.8 Å². The number of nitrogens with zero attached hydrogens (tertiary/aromatic N) is 3. The fraction of sp³-hybridized carbons (Fsp3) is 0.385. The number of nitrogens with one attached hydrogen (secondary N) is 2. The summed E-state index contributed by atoms with van der Waals surface area (Å²) < 4.78 is 17.2. The molecular weight excluding hydrogens is 666 g/mol. The molecule has 2 aliphatic heterocycles. The Bertz CT molecular complexity index is 1880. The zero-order valence-electron chi connectivity index (χ0n) is 29.6. The Kier molecular flexibility index (Phi) is 12.7. The van der Waals surface area contributed by atoms with Crippen LogP contribution in [-0.2, 0) is 25.5 Å². The fourth-order valence-electron chi connectivity index (χ4n) is 6.24. The third kappa shape index (κ3) is 10.3. The highest BCUT2D eigenvalue weighted by Gasteiger charge is 2.39. The van der Waals surface area contributed by atoms with Gasteiger partial charge in [-0.15, -0.1) is 0 Å². The number of anilines is 1. The number of cyclic esters (lactones) is 1. The number of oxazole rings is 1. The number of ether oxygens (including phenoxy) is 2. The number of para-hydroxylation sites is 1. The van der Waals surface area contributed by atoms with E-state index in [-0.39, 0.29) is 43.5 Å². The Morgan fingerprint density at radius 2 is 1.98 bits per heavy atom. The van der Waals surface area contributed by atoms with Gasteiger partial charge in [-0.05, 0) is 50.5 Å². The van der Waals surface area contributed by atoms with E-state index >= 15 is 0 Å². The first-order chi connectivity index (χ1) is 25.0. The molecule has 5 rings (SSSR count). The highest BCUT2D eigenvalue weighted by molar-refractivity contribution is 5.95. The maximum atomic E-state index is 13.8. The van der Waals surface area contributed by atoms with E-state index in [1.807, 2.05) is 37.3 Å². The van der Waals surface area contributed by atoms with Gasteiger partial charge < -0.3 is 29.2 Å². The molecule has 2 aromatic heterocycles. The molecule has 0 radical (unpaired) electrons. The molecule has 0 unspecified atom stereocenters. The third-order valence-electron chi connectivity index (χ3n) is 8.87. The summed E-state index contributed by atoms with van der Waals surface area (Å²) >= 11 is 0. The van der Waals surface area contributed by atoms with Gasteiger partial charge >= 0.3 is 12.1 Å². The summed E-state index contributed by atoms with van der Waals surface area (Å²) in [5.74, 6) is -1.86. The Labute approximate surface area is 302 Å². The van der Waals surface area contributed by atoms with Crippen LogP contribution in [-0.4, -0.2) is 81.8 Å². The van der Waals surface area contributed by atoms with Crippen LogP contribution < -0.4 is 10.6 Å². The molecule has 0 aliphatic carbocycles. The normalized spacial score (nSPS) is 25.2. The van der Waals surface area contributed by atoms with Crippen molar-refractivity contribution in [2.24, 2.45) is 11.8 Å². The second kappa shape index (κ2) is 17.6. The van der Waals surface area contributed by atoms with Crippen LogP contribution >= 0.6 is 0 Å². The third-order valence-corrected chi connectivity index (χ3v) is 8.87. The van der Waals surface area contributed by atoms with Crippen LogP contribution in [0.3, 0.4) is 0 Å². The van der Waals surface area contributed by atoms with Crippen molar-refractivity contribution in [1.82, 2.24) is 20.2 Å². The quantitative estimate of drug-likeness (QED) is 0.238. The predicted octanol–water partition coefficient (Wildman–Crippen LogP) is 5.30. The molecule has 2 aliphatic rings. The maximum absolute atomic E-state index is 13.8. The molecule has 13 heteroatoms. The fourth-order valence-corrected chi connectivity index (χ4v) is 6.24. The van der Waals surface area contributed by atoms with Gasteiger partial charge in [-0.3, -0.25) is 14.9 Å². The Morgan fingerprint density at radius 3 is 2.81 bits per heavy atom. The van der Waals surface area contributed by atoms with Crippen molar-refractivity contribution in [3.63, 3.8) is 0 Å². The van der Waals surface area contributed by atoms with Crippen LogP contribution in [0.25, 0.3) is 10.9 Å². The molecule has 1 fully saturated rings. The van der Waals surface area contributed by atoms with E-state index in [1.165, 1.54) is 17.2 Å². The summed E-state index contributed by atoms with van der Waals surface area (Å²) in [6, 6.07) is 10.2. The summed E-state index contributed by atoms with van der Waals surface area (Å²) in [4.78, 5) is 63.0.